The van der Waals surface area contributed by atoms with Crippen molar-refractivity contribution in [1.29, 1.82) is 0 Å². The third-order valence-corrected chi connectivity index (χ3v) is 8.97. The molecule has 4 rings (SSSR count). The monoisotopic (exact) mass is 535 g/mol. The zero-order chi connectivity index (χ0) is 28.0. The van der Waals surface area contributed by atoms with E-state index in [0.29, 0.717) is 18.4 Å². The highest BCUT2D eigenvalue weighted by molar-refractivity contribution is 6.47. The molecule has 0 aromatic carbocycles. The first-order valence-electron chi connectivity index (χ1n) is 13.0. The summed E-state index contributed by atoms with van der Waals surface area (Å²) in [6.07, 6.45) is -0.106. The summed E-state index contributed by atoms with van der Waals surface area (Å²) in [5, 5.41) is 29.8. The number of rotatable bonds is 8. The molecule has 0 bridgehead atoms. The van der Waals surface area contributed by atoms with Gasteiger partial charge in [-0.15, -0.1) is 0 Å². The van der Waals surface area contributed by atoms with Gasteiger partial charge in [0.05, 0.1) is 37.4 Å². The number of methoxy groups -OCH3 is 1. The Morgan fingerprint density at radius 3 is 2.39 bits per heavy atom. The second kappa shape index (κ2) is 10.5. The van der Waals surface area contributed by atoms with Crippen LogP contribution in [0.3, 0.4) is 0 Å². The van der Waals surface area contributed by atoms with Crippen LogP contribution in [0.15, 0.2) is 22.9 Å². The molecule has 4 aliphatic rings. The first kappa shape index (κ1) is 28.4. The van der Waals surface area contributed by atoms with Crippen molar-refractivity contribution in [2.75, 3.05) is 40.0 Å². The van der Waals surface area contributed by atoms with Crippen molar-refractivity contribution in [3.8, 4) is 0 Å². The first-order valence-corrected chi connectivity index (χ1v) is 13.0. The summed E-state index contributed by atoms with van der Waals surface area (Å²) >= 11 is 0. The summed E-state index contributed by atoms with van der Waals surface area (Å²) in [7, 11) is 1.43. The predicted molar refractivity (Wildman–Crippen MR) is 131 cm³/mol. The Kier molecular flexibility index (Phi) is 7.86. The van der Waals surface area contributed by atoms with Crippen LogP contribution in [0, 0.1) is 22.7 Å². The zero-order valence-electron chi connectivity index (χ0n) is 22.3. The number of carbonyl (C=O) groups excluding carboxylic acids is 4. The molecule has 0 aromatic rings. The van der Waals surface area contributed by atoms with Crippen LogP contribution in [0.5, 0.6) is 0 Å². The summed E-state index contributed by atoms with van der Waals surface area (Å²) in [5.41, 5.74) is -1.47. The molecule has 2 unspecified atom stereocenters. The molecular formula is C27H37NO10. The van der Waals surface area contributed by atoms with Gasteiger partial charge in [0.2, 0.25) is 11.6 Å². The maximum Gasteiger partial charge on any atom is 0.336 e. The number of Topliss-reactive ketones (excluding diaryl/α,β-unsaturated/α-hetero) is 2. The fourth-order valence-electron chi connectivity index (χ4n) is 7.18. The van der Waals surface area contributed by atoms with E-state index in [2.05, 4.69) is 0 Å². The minimum absolute atomic E-state index is 0.0708. The topological polar surface area (TPSA) is 160 Å². The molecule has 2 fully saturated rings. The number of aliphatic hydroxyl groups is 3. The van der Waals surface area contributed by atoms with Crippen LogP contribution in [-0.4, -0.2) is 102 Å². The Morgan fingerprint density at radius 2 is 1.82 bits per heavy atom. The number of ether oxygens (including phenoxy) is 3. The number of cyclic esters (lactones) is 1. The molecule has 0 spiro atoms. The molecule has 3 aliphatic carbocycles. The second-order valence-corrected chi connectivity index (χ2v) is 11.1. The molecule has 11 nitrogen and oxygen atoms in total. The average molecular weight is 536 g/mol. The van der Waals surface area contributed by atoms with Crippen molar-refractivity contribution in [2.24, 2.45) is 22.7 Å². The van der Waals surface area contributed by atoms with Crippen molar-refractivity contribution in [3.05, 3.63) is 22.9 Å². The molecule has 38 heavy (non-hydrogen) atoms. The van der Waals surface area contributed by atoms with Gasteiger partial charge in [-0.2, -0.15) is 0 Å². The highest BCUT2D eigenvalue weighted by Crippen LogP contribution is 2.63. The van der Waals surface area contributed by atoms with E-state index >= 15 is 0 Å². The van der Waals surface area contributed by atoms with Gasteiger partial charge in [0, 0.05) is 49.7 Å². The Balaban J connectivity index is 1.98. The number of esters is 2. The van der Waals surface area contributed by atoms with E-state index in [9.17, 15) is 34.5 Å². The van der Waals surface area contributed by atoms with E-state index in [1.54, 1.807) is 6.92 Å². The minimum Gasteiger partial charge on any atom is -0.458 e. The maximum absolute atomic E-state index is 14.0. The number of hydrogen-bond donors (Lipinski definition) is 3. The lowest BCUT2D eigenvalue weighted by atomic mass is 9.50. The molecule has 1 heterocycles. The number of ketones is 2. The molecule has 11 heteroatoms. The van der Waals surface area contributed by atoms with Crippen molar-refractivity contribution in [2.45, 2.75) is 58.3 Å². The molecule has 7 atom stereocenters. The smallest absolute Gasteiger partial charge is 0.336 e. The van der Waals surface area contributed by atoms with Gasteiger partial charge in [-0.25, -0.2) is 4.79 Å². The molecule has 0 aromatic heterocycles. The van der Waals surface area contributed by atoms with Gasteiger partial charge in [0.15, 0.2) is 0 Å². The van der Waals surface area contributed by atoms with E-state index in [4.69, 9.17) is 14.2 Å². The minimum atomic E-state index is -1.30. The zero-order valence-corrected chi connectivity index (χ0v) is 22.3. The van der Waals surface area contributed by atoms with E-state index in [1.165, 1.54) is 25.1 Å². The van der Waals surface area contributed by atoms with E-state index in [-0.39, 0.29) is 50.5 Å². The second-order valence-electron chi connectivity index (χ2n) is 11.1. The van der Waals surface area contributed by atoms with Gasteiger partial charge in [-0.1, -0.05) is 13.8 Å². The number of carbonyl (C=O) groups is 4. The predicted octanol–water partition coefficient (Wildman–Crippen LogP) is -0.0878. The summed E-state index contributed by atoms with van der Waals surface area (Å²) in [5.74, 6) is -4.61. The van der Waals surface area contributed by atoms with Crippen molar-refractivity contribution in [3.63, 3.8) is 0 Å². The van der Waals surface area contributed by atoms with Crippen LogP contribution >= 0.6 is 0 Å². The normalized spacial score (nSPS) is 37.5. The molecule has 1 aliphatic heterocycles. The van der Waals surface area contributed by atoms with Crippen LogP contribution in [0.2, 0.25) is 0 Å². The van der Waals surface area contributed by atoms with E-state index in [1.807, 2.05) is 6.92 Å². The van der Waals surface area contributed by atoms with Crippen LogP contribution in [0.1, 0.15) is 40.0 Å². The summed E-state index contributed by atoms with van der Waals surface area (Å²) < 4.78 is 17.0. The Hall–Kier alpha value is -2.60. The molecule has 3 N–H and O–H groups in total. The van der Waals surface area contributed by atoms with Gasteiger partial charge in [-0.3, -0.25) is 14.4 Å². The Labute approximate surface area is 221 Å². The summed E-state index contributed by atoms with van der Waals surface area (Å²) in [6, 6.07) is 0. The van der Waals surface area contributed by atoms with Crippen LogP contribution < -0.4 is 0 Å². The SMILES string of the molecule is COC[C@H]1OC(=O)/C(=C/N(CCO)CCO)C2C(=O)C(=O)C3=C([C@H](OC(C)=O)C[C@@]4(C)C3CC[C@@H]4O)[C@]21C. The lowest BCUT2D eigenvalue weighted by molar-refractivity contribution is -0.175. The largest absolute Gasteiger partial charge is 0.458 e. The van der Waals surface area contributed by atoms with Crippen LogP contribution in [-0.2, 0) is 33.4 Å². The fourth-order valence-corrected chi connectivity index (χ4v) is 7.18. The molecule has 210 valence electrons. The Morgan fingerprint density at radius 1 is 1.16 bits per heavy atom. The average Bonchev–Trinajstić information content (AvgIpc) is 3.13. The highest BCUT2D eigenvalue weighted by atomic mass is 16.6. The molecular weight excluding hydrogens is 498 g/mol. The lowest BCUT2D eigenvalue weighted by Crippen LogP contribution is -2.63. The third kappa shape index (κ3) is 4.29. The number of allylic oxidation sites excluding steroid dienone is 1. The quantitative estimate of drug-likeness (QED) is 0.217. The van der Waals surface area contributed by atoms with Gasteiger partial charge in [-0.05, 0) is 30.8 Å². The van der Waals surface area contributed by atoms with E-state index < -0.39 is 64.5 Å². The molecule has 0 amide bonds. The van der Waals surface area contributed by atoms with E-state index in [0.717, 1.165) is 0 Å². The van der Waals surface area contributed by atoms with Crippen molar-refractivity contribution in [1.82, 2.24) is 4.90 Å². The van der Waals surface area contributed by atoms with Gasteiger partial charge in [0.25, 0.3) is 0 Å². The molecule has 0 radical (unpaired) electrons. The number of fused-ring (bicyclic) bond motifs is 4. The third-order valence-electron chi connectivity index (χ3n) is 8.97. The van der Waals surface area contributed by atoms with Gasteiger partial charge >= 0.3 is 11.9 Å². The maximum atomic E-state index is 14.0. The number of nitrogens with zero attached hydrogens (tertiary/aromatic N) is 1. The van der Waals surface area contributed by atoms with Crippen LogP contribution in [0.4, 0.5) is 0 Å². The van der Waals surface area contributed by atoms with Crippen molar-refractivity contribution < 1.29 is 48.7 Å². The van der Waals surface area contributed by atoms with Gasteiger partial charge < -0.3 is 34.4 Å². The van der Waals surface area contributed by atoms with Gasteiger partial charge in [0.1, 0.15) is 12.2 Å². The molecule has 1 saturated heterocycles. The summed E-state index contributed by atoms with van der Waals surface area (Å²) in [4.78, 5) is 54.9. The first-order chi connectivity index (χ1) is 17.9. The summed E-state index contributed by atoms with van der Waals surface area (Å²) in [6.45, 7) is 4.38. The number of hydrogen-bond acceptors (Lipinski definition) is 11. The lowest BCUT2D eigenvalue weighted by Gasteiger charge is -2.56. The van der Waals surface area contributed by atoms with Crippen LogP contribution in [0.25, 0.3) is 0 Å². The molecule has 1 saturated carbocycles. The standard InChI is InChI=1S/C27H37NO10/c1-14(31)37-17-11-26(2)16(5-6-18(26)32)20-22(17)27(3)19(13-36-4)38-25(35)15(21(27)24(34)23(20)33)12-28(7-9-29)8-10-30/h12,16-19,21,29-30,32H,5-11,13H2,1-4H3/b15-12+/t16?,17-,18+,19-,21?,26+,27+/m1/s1. The Bertz CT molecular complexity index is 1080. The number of aliphatic hydroxyl groups excluding tert-OH is 3. The van der Waals surface area contributed by atoms with Crippen molar-refractivity contribution >= 4 is 23.5 Å². The highest BCUT2D eigenvalue weighted by Gasteiger charge is 2.67. The fraction of sp³-hybridized carbons (Fsp3) is 0.704.